The number of carbonyl (C=O) groups is 2. The molecule has 0 spiro atoms. The Balaban J connectivity index is 2.64. The summed E-state index contributed by atoms with van der Waals surface area (Å²) in [6, 6.07) is -0.0690. The number of amides is 1. The zero-order chi connectivity index (χ0) is 15.2. The quantitative estimate of drug-likeness (QED) is 0.692. The number of hydrogen-bond acceptors (Lipinski definition) is 4. The number of ether oxygens (including phenoxy) is 1. The molecule has 6 nitrogen and oxygen atoms in total. The van der Waals surface area contributed by atoms with Crippen LogP contribution in [0.3, 0.4) is 0 Å². The van der Waals surface area contributed by atoms with Crippen molar-refractivity contribution in [2.45, 2.75) is 51.1 Å². The van der Waals surface area contributed by atoms with Crippen LogP contribution in [0.15, 0.2) is 0 Å². The van der Waals surface area contributed by atoms with E-state index in [1.165, 1.54) is 0 Å². The summed E-state index contributed by atoms with van der Waals surface area (Å²) in [5.41, 5.74) is -0.864. The molecule has 1 amide bonds. The van der Waals surface area contributed by atoms with Gasteiger partial charge in [-0.25, -0.2) is 0 Å². The third-order valence-electron chi connectivity index (χ3n) is 3.84. The van der Waals surface area contributed by atoms with Gasteiger partial charge in [0.2, 0.25) is 5.91 Å². The molecule has 2 unspecified atom stereocenters. The van der Waals surface area contributed by atoms with Gasteiger partial charge in [0.1, 0.15) is 5.54 Å². The van der Waals surface area contributed by atoms with Gasteiger partial charge in [-0.2, -0.15) is 0 Å². The van der Waals surface area contributed by atoms with Crippen molar-refractivity contribution >= 4 is 11.9 Å². The Bertz CT molecular complexity index is 348. The Morgan fingerprint density at radius 3 is 2.75 bits per heavy atom. The number of methoxy groups -OCH3 is 1. The number of nitrogens with one attached hydrogen (secondary N) is 1. The van der Waals surface area contributed by atoms with Crippen LogP contribution in [0.5, 0.6) is 0 Å². The fourth-order valence-corrected chi connectivity index (χ4v) is 3.00. The van der Waals surface area contributed by atoms with E-state index in [9.17, 15) is 14.7 Å². The summed E-state index contributed by atoms with van der Waals surface area (Å²) < 4.78 is 4.97. The molecule has 1 rings (SSSR count). The number of carboxylic acids is 1. The van der Waals surface area contributed by atoms with E-state index < -0.39 is 11.5 Å². The zero-order valence-corrected chi connectivity index (χ0v) is 12.6. The minimum absolute atomic E-state index is 0.0690. The highest BCUT2D eigenvalue weighted by molar-refractivity contribution is 5.82. The number of carboxylic acid groups (broad SMARTS) is 1. The molecule has 0 saturated carbocycles. The first-order chi connectivity index (χ1) is 9.46. The van der Waals surface area contributed by atoms with Gasteiger partial charge in [-0.3, -0.25) is 14.5 Å². The topological polar surface area (TPSA) is 78.9 Å². The first-order valence-corrected chi connectivity index (χ1v) is 7.23. The van der Waals surface area contributed by atoms with Crippen LogP contribution in [0, 0.1) is 0 Å². The highest BCUT2D eigenvalue weighted by Gasteiger charge is 2.47. The normalized spacial score (nSPS) is 24.6. The monoisotopic (exact) mass is 286 g/mol. The summed E-state index contributed by atoms with van der Waals surface area (Å²) in [6.45, 7) is 5.09. The molecule has 1 aliphatic rings. The van der Waals surface area contributed by atoms with Crippen LogP contribution in [0.1, 0.15) is 39.5 Å². The Hall–Kier alpha value is -1.14. The van der Waals surface area contributed by atoms with Crippen LogP contribution < -0.4 is 5.32 Å². The van der Waals surface area contributed by atoms with Crippen molar-refractivity contribution in [3.05, 3.63) is 0 Å². The van der Waals surface area contributed by atoms with E-state index in [-0.39, 0.29) is 18.5 Å². The van der Waals surface area contributed by atoms with Gasteiger partial charge in [-0.1, -0.05) is 13.3 Å². The molecular formula is C14H26N2O4. The highest BCUT2D eigenvalue weighted by atomic mass is 16.5. The molecule has 20 heavy (non-hydrogen) atoms. The maximum atomic E-state index is 12.0. The van der Waals surface area contributed by atoms with E-state index in [1.807, 2.05) is 18.7 Å². The average Bonchev–Trinajstić information content (AvgIpc) is 2.74. The van der Waals surface area contributed by atoms with Crippen LogP contribution in [0.4, 0.5) is 0 Å². The summed E-state index contributed by atoms with van der Waals surface area (Å²) in [5, 5.41) is 12.4. The molecule has 0 aromatic heterocycles. The Morgan fingerprint density at radius 2 is 2.20 bits per heavy atom. The van der Waals surface area contributed by atoms with Crippen LogP contribution in [0.25, 0.3) is 0 Å². The van der Waals surface area contributed by atoms with Crippen LogP contribution in [-0.4, -0.2) is 60.3 Å². The largest absolute Gasteiger partial charge is 0.480 e. The van der Waals surface area contributed by atoms with Gasteiger partial charge < -0.3 is 15.2 Å². The molecule has 2 atom stereocenters. The average molecular weight is 286 g/mol. The summed E-state index contributed by atoms with van der Waals surface area (Å²) in [6.07, 6.45) is 2.83. The van der Waals surface area contributed by atoms with Crippen LogP contribution >= 0.6 is 0 Å². The summed E-state index contributed by atoms with van der Waals surface area (Å²) >= 11 is 0. The molecule has 0 aromatic carbocycles. The van der Waals surface area contributed by atoms with E-state index in [0.29, 0.717) is 26.0 Å². The molecule has 1 saturated heterocycles. The second kappa shape index (κ2) is 7.59. The van der Waals surface area contributed by atoms with E-state index in [1.54, 1.807) is 7.11 Å². The molecule has 1 heterocycles. The lowest BCUT2D eigenvalue weighted by Gasteiger charge is -2.34. The molecule has 0 aliphatic carbocycles. The molecular weight excluding hydrogens is 260 g/mol. The lowest BCUT2D eigenvalue weighted by Crippen LogP contribution is -2.54. The molecule has 116 valence electrons. The molecule has 1 fully saturated rings. The van der Waals surface area contributed by atoms with E-state index in [0.717, 1.165) is 12.8 Å². The minimum Gasteiger partial charge on any atom is -0.480 e. The third-order valence-corrected chi connectivity index (χ3v) is 3.84. The third kappa shape index (κ3) is 3.93. The number of nitrogens with zero attached hydrogens (tertiary/aromatic N) is 1. The first kappa shape index (κ1) is 16.9. The molecule has 0 bridgehead atoms. The fourth-order valence-electron chi connectivity index (χ4n) is 3.00. The van der Waals surface area contributed by atoms with Gasteiger partial charge in [-0.15, -0.1) is 0 Å². The van der Waals surface area contributed by atoms with Crippen molar-refractivity contribution in [3.8, 4) is 0 Å². The first-order valence-electron chi connectivity index (χ1n) is 7.23. The molecule has 0 radical (unpaired) electrons. The van der Waals surface area contributed by atoms with Gasteiger partial charge in [0.25, 0.3) is 0 Å². The van der Waals surface area contributed by atoms with E-state index in [4.69, 9.17) is 4.74 Å². The molecule has 6 heteroatoms. The number of rotatable bonds is 8. The van der Waals surface area contributed by atoms with Crippen molar-refractivity contribution in [2.24, 2.45) is 0 Å². The SMILES string of the molecule is CCCC1(C(=O)O)CCCN1CC(=O)NC(C)COC. The van der Waals surface area contributed by atoms with Gasteiger partial charge in [0.05, 0.1) is 13.2 Å². The standard InChI is InChI=1S/C14H26N2O4/c1-4-6-14(13(18)19)7-5-8-16(14)9-12(17)15-11(2)10-20-3/h11H,4-10H2,1-3H3,(H,15,17)(H,18,19). The molecule has 1 aliphatic heterocycles. The maximum absolute atomic E-state index is 12.0. The van der Waals surface area contributed by atoms with Crippen molar-refractivity contribution in [2.75, 3.05) is 26.8 Å². The molecule has 0 aromatic rings. The van der Waals surface area contributed by atoms with E-state index in [2.05, 4.69) is 5.32 Å². The summed E-state index contributed by atoms with van der Waals surface area (Å²) in [7, 11) is 1.58. The second-order valence-corrected chi connectivity index (χ2v) is 5.54. The van der Waals surface area contributed by atoms with Gasteiger partial charge in [-0.05, 0) is 32.7 Å². The number of likely N-dealkylation sites (tertiary alicyclic amines) is 1. The highest BCUT2D eigenvalue weighted by Crippen LogP contribution is 2.33. The lowest BCUT2D eigenvalue weighted by atomic mass is 9.90. The zero-order valence-electron chi connectivity index (χ0n) is 12.6. The second-order valence-electron chi connectivity index (χ2n) is 5.54. The summed E-state index contributed by atoms with van der Waals surface area (Å²) in [5.74, 6) is -0.951. The Morgan fingerprint density at radius 1 is 1.50 bits per heavy atom. The Kier molecular flexibility index (Phi) is 6.42. The lowest BCUT2D eigenvalue weighted by molar-refractivity contribution is -0.151. The number of hydrogen-bond donors (Lipinski definition) is 2. The van der Waals surface area contributed by atoms with Crippen molar-refractivity contribution < 1.29 is 19.4 Å². The van der Waals surface area contributed by atoms with Crippen molar-refractivity contribution in [3.63, 3.8) is 0 Å². The molecule has 2 N–H and O–H groups in total. The fraction of sp³-hybridized carbons (Fsp3) is 0.857. The number of aliphatic carboxylic acids is 1. The van der Waals surface area contributed by atoms with Crippen LogP contribution in [0.2, 0.25) is 0 Å². The van der Waals surface area contributed by atoms with Gasteiger partial charge in [0.15, 0.2) is 0 Å². The van der Waals surface area contributed by atoms with Gasteiger partial charge >= 0.3 is 5.97 Å². The van der Waals surface area contributed by atoms with Crippen molar-refractivity contribution in [1.82, 2.24) is 10.2 Å². The van der Waals surface area contributed by atoms with Crippen LogP contribution in [-0.2, 0) is 14.3 Å². The summed E-state index contributed by atoms with van der Waals surface area (Å²) in [4.78, 5) is 25.4. The smallest absolute Gasteiger partial charge is 0.324 e. The predicted octanol–water partition coefficient (Wildman–Crippen LogP) is 0.857. The predicted molar refractivity (Wildman–Crippen MR) is 75.6 cm³/mol. The Labute approximate surface area is 120 Å². The number of carbonyl (C=O) groups excluding carboxylic acids is 1. The minimum atomic E-state index is -0.864. The maximum Gasteiger partial charge on any atom is 0.324 e. The van der Waals surface area contributed by atoms with E-state index >= 15 is 0 Å². The van der Waals surface area contributed by atoms with Crippen molar-refractivity contribution in [1.29, 1.82) is 0 Å². The van der Waals surface area contributed by atoms with Gasteiger partial charge in [0, 0.05) is 13.2 Å².